The molecule has 0 saturated carbocycles. The van der Waals surface area contributed by atoms with Crippen LogP contribution in [0.15, 0.2) is 72.9 Å². The topological polar surface area (TPSA) is 28.2 Å². The van der Waals surface area contributed by atoms with Crippen molar-refractivity contribution in [1.29, 1.82) is 0 Å². The number of aryl methyl sites for hydroxylation is 2. The Hall–Kier alpha value is -2.72. The number of anilines is 1. The van der Waals surface area contributed by atoms with E-state index in [0.717, 1.165) is 24.3 Å². The van der Waals surface area contributed by atoms with Crippen LogP contribution in [0.1, 0.15) is 42.1 Å². The second-order valence-corrected chi connectivity index (χ2v) is 7.78. The summed E-state index contributed by atoms with van der Waals surface area (Å²) in [5, 5.41) is 4.11. The van der Waals surface area contributed by atoms with E-state index in [1.165, 1.54) is 29.5 Å². The molecule has 3 rings (SSSR count). The molecular formula is C25H29N3S. The lowest BCUT2D eigenvalue weighted by Gasteiger charge is -2.26. The van der Waals surface area contributed by atoms with Gasteiger partial charge in [0.1, 0.15) is 0 Å². The minimum atomic E-state index is 0.662. The minimum absolute atomic E-state index is 0.662. The molecule has 0 aliphatic rings. The van der Waals surface area contributed by atoms with E-state index in [2.05, 4.69) is 77.6 Å². The second kappa shape index (κ2) is 10.7. The van der Waals surface area contributed by atoms with Gasteiger partial charge in [-0.1, -0.05) is 61.4 Å². The quantitative estimate of drug-likeness (QED) is 0.458. The maximum Gasteiger partial charge on any atom is 0.174 e. The maximum absolute atomic E-state index is 5.77. The van der Waals surface area contributed by atoms with Crippen molar-refractivity contribution in [2.45, 2.75) is 46.2 Å². The van der Waals surface area contributed by atoms with E-state index in [4.69, 9.17) is 12.2 Å². The van der Waals surface area contributed by atoms with Gasteiger partial charge in [-0.3, -0.25) is 4.98 Å². The van der Waals surface area contributed by atoms with Gasteiger partial charge in [-0.15, -0.1) is 0 Å². The predicted molar refractivity (Wildman–Crippen MR) is 126 cm³/mol. The van der Waals surface area contributed by atoms with E-state index >= 15 is 0 Å². The highest BCUT2D eigenvalue weighted by Crippen LogP contribution is 2.15. The van der Waals surface area contributed by atoms with E-state index in [9.17, 15) is 0 Å². The van der Waals surface area contributed by atoms with Crippen molar-refractivity contribution < 1.29 is 0 Å². The highest BCUT2D eigenvalue weighted by atomic mass is 32.1. The second-order valence-electron chi connectivity index (χ2n) is 7.39. The fourth-order valence-electron chi connectivity index (χ4n) is 3.14. The molecule has 2 aromatic carbocycles. The monoisotopic (exact) mass is 403 g/mol. The highest BCUT2D eigenvalue weighted by Gasteiger charge is 2.12. The first-order chi connectivity index (χ1) is 14.1. The predicted octanol–water partition coefficient (Wildman–Crippen LogP) is 6.13. The van der Waals surface area contributed by atoms with Crippen LogP contribution >= 0.6 is 12.2 Å². The molecule has 3 nitrogen and oxygen atoms in total. The molecule has 4 heteroatoms. The number of thiocarbonyl (C=S) groups is 1. The SMILES string of the molecule is CCCCc1ccc(NC(=S)N(Cc2ccc(C)cc2)Cc2ccccn2)cc1. The standard InChI is InChI=1S/C25H29N3S/c1-3-4-7-21-13-15-23(16-14-21)27-25(29)28(19-24-8-5-6-17-26-24)18-22-11-9-20(2)10-12-22/h5-6,8-17H,3-4,7,18-19H2,1-2H3,(H,27,29). The van der Waals surface area contributed by atoms with Gasteiger partial charge < -0.3 is 10.2 Å². The normalized spacial score (nSPS) is 10.6. The number of nitrogens with one attached hydrogen (secondary N) is 1. The summed E-state index contributed by atoms with van der Waals surface area (Å²) in [6.07, 6.45) is 5.39. The molecule has 0 atom stereocenters. The van der Waals surface area contributed by atoms with Crippen molar-refractivity contribution in [3.63, 3.8) is 0 Å². The third kappa shape index (κ3) is 6.68. The first-order valence-electron chi connectivity index (χ1n) is 10.2. The third-order valence-electron chi connectivity index (χ3n) is 4.88. The molecule has 3 aromatic rings. The van der Waals surface area contributed by atoms with Gasteiger partial charge >= 0.3 is 0 Å². The molecule has 150 valence electrons. The van der Waals surface area contributed by atoms with E-state index in [1.807, 2.05) is 24.4 Å². The van der Waals surface area contributed by atoms with Crippen LogP contribution in [0.5, 0.6) is 0 Å². The van der Waals surface area contributed by atoms with Gasteiger partial charge in [0.2, 0.25) is 0 Å². The van der Waals surface area contributed by atoms with Gasteiger partial charge in [0, 0.05) is 18.4 Å². The average molecular weight is 404 g/mol. The van der Waals surface area contributed by atoms with Crippen LogP contribution in [-0.2, 0) is 19.5 Å². The molecule has 1 aromatic heterocycles. The zero-order chi connectivity index (χ0) is 20.5. The Morgan fingerprint density at radius 1 is 0.931 bits per heavy atom. The van der Waals surface area contributed by atoms with E-state index in [0.29, 0.717) is 11.7 Å². The van der Waals surface area contributed by atoms with Crippen LogP contribution in [-0.4, -0.2) is 15.0 Å². The lowest BCUT2D eigenvalue weighted by atomic mass is 10.1. The Morgan fingerprint density at radius 3 is 2.31 bits per heavy atom. The van der Waals surface area contributed by atoms with Crippen molar-refractivity contribution in [2.75, 3.05) is 5.32 Å². The summed E-state index contributed by atoms with van der Waals surface area (Å²) < 4.78 is 0. The Kier molecular flexibility index (Phi) is 7.77. The lowest BCUT2D eigenvalue weighted by molar-refractivity contribution is 0.407. The van der Waals surface area contributed by atoms with Crippen molar-refractivity contribution in [3.05, 3.63) is 95.3 Å². The molecule has 0 aliphatic heterocycles. The lowest BCUT2D eigenvalue weighted by Crippen LogP contribution is -2.34. The Morgan fingerprint density at radius 2 is 1.66 bits per heavy atom. The van der Waals surface area contributed by atoms with Crippen LogP contribution < -0.4 is 5.32 Å². The van der Waals surface area contributed by atoms with Gasteiger partial charge in [0.25, 0.3) is 0 Å². The van der Waals surface area contributed by atoms with Crippen molar-refractivity contribution in [3.8, 4) is 0 Å². The van der Waals surface area contributed by atoms with Crippen LogP contribution in [0.4, 0.5) is 5.69 Å². The smallest absolute Gasteiger partial charge is 0.174 e. The molecule has 0 saturated heterocycles. The van der Waals surface area contributed by atoms with E-state index in [1.54, 1.807) is 0 Å². The molecular weight excluding hydrogens is 374 g/mol. The number of unbranched alkanes of at least 4 members (excludes halogenated alkanes) is 1. The summed E-state index contributed by atoms with van der Waals surface area (Å²) in [6, 6.07) is 23.2. The average Bonchev–Trinajstić information content (AvgIpc) is 2.75. The summed E-state index contributed by atoms with van der Waals surface area (Å²) in [4.78, 5) is 6.63. The zero-order valence-electron chi connectivity index (χ0n) is 17.3. The molecule has 0 aliphatic carbocycles. The minimum Gasteiger partial charge on any atom is -0.339 e. The van der Waals surface area contributed by atoms with Crippen LogP contribution in [0.2, 0.25) is 0 Å². The number of benzene rings is 2. The fraction of sp³-hybridized carbons (Fsp3) is 0.280. The van der Waals surface area contributed by atoms with Crippen LogP contribution in [0.3, 0.4) is 0 Å². The van der Waals surface area contributed by atoms with Gasteiger partial charge in [-0.05, 0) is 67.4 Å². The zero-order valence-corrected chi connectivity index (χ0v) is 18.1. The van der Waals surface area contributed by atoms with E-state index in [-0.39, 0.29) is 0 Å². The summed E-state index contributed by atoms with van der Waals surface area (Å²) in [6.45, 7) is 5.72. The van der Waals surface area contributed by atoms with Gasteiger partial charge in [0.15, 0.2) is 5.11 Å². The summed E-state index contributed by atoms with van der Waals surface area (Å²) in [7, 11) is 0. The van der Waals surface area contributed by atoms with Crippen molar-refractivity contribution in [1.82, 2.24) is 9.88 Å². The molecule has 0 radical (unpaired) electrons. The summed E-state index contributed by atoms with van der Waals surface area (Å²) >= 11 is 5.77. The molecule has 0 fully saturated rings. The Labute approximate surface area is 179 Å². The highest BCUT2D eigenvalue weighted by molar-refractivity contribution is 7.80. The molecule has 1 heterocycles. The van der Waals surface area contributed by atoms with Gasteiger partial charge in [-0.2, -0.15) is 0 Å². The Balaban J connectivity index is 1.71. The summed E-state index contributed by atoms with van der Waals surface area (Å²) in [5.74, 6) is 0. The molecule has 0 unspecified atom stereocenters. The molecule has 0 amide bonds. The molecule has 0 bridgehead atoms. The maximum atomic E-state index is 5.77. The number of pyridine rings is 1. The first-order valence-corrected chi connectivity index (χ1v) is 10.6. The van der Waals surface area contributed by atoms with E-state index < -0.39 is 0 Å². The number of aromatic nitrogens is 1. The molecule has 0 spiro atoms. The largest absolute Gasteiger partial charge is 0.339 e. The first kappa shape index (κ1) is 21.0. The van der Waals surface area contributed by atoms with Crippen molar-refractivity contribution >= 4 is 23.0 Å². The third-order valence-corrected chi connectivity index (χ3v) is 5.24. The van der Waals surface area contributed by atoms with Gasteiger partial charge in [-0.25, -0.2) is 0 Å². The van der Waals surface area contributed by atoms with Crippen molar-refractivity contribution in [2.24, 2.45) is 0 Å². The number of hydrogen-bond donors (Lipinski definition) is 1. The Bertz CT molecular complexity index is 890. The molecule has 1 N–H and O–H groups in total. The number of rotatable bonds is 8. The number of nitrogens with zero attached hydrogens (tertiary/aromatic N) is 2. The van der Waals surface area contributed by atoms with Gasteiger partial charge in [0.05, 0.1) is 12.2 Å². The van der Waals surface area contributed by atoms with Crippen LogP contribution in [0, 0.1) is 6.92 Å². The fourth-order valence-corrected chi connectivity index (χ4v) is 3.39. The summed E-state index contributed by atoms with van der Waals surface area (Å²) in [5.41, 5.74) is 5.87. The number of hydrogen-bond acceptors (Lipinski definition) is 2. The molecule has 29 heavy (non-hydrogen) atoms. The van der Waals surface area contributed by atoms with Crippen LogP contribution in [0.25, 0.3) is 0 Å².